The van der Waals surface area contributed by atoms with E-state index in [0.717, 1.165) is 38.1 Å². The molecule has 0 aliphatic carbocycles. The molecule has 0 N–H and O–H groups in total. The highest BCUT2D eigenvalue weighted by Crippen LogP contribution is 2.31. The van der Waals surface area contributed by atoms with Crippen molar-refractivity contribution in [2.75, 3.05) is 19.6 Å². The lowest BCUT2D eigenvalue weighted by Gasteiger charge is -2.34. The summed E-state index contributed by atoms with van der Waals surface area (Å²) in [5.41, 5.74) is 8.17. The van der Waals surface area contributed by atoms with Crippen molar-refractivity contribution in [1.82, 2.24) is 4.90 Å². The van der Waals surface area contributed by atoms with E-state index in [1.165, 1.54) is 6.42 Å². The Hall–Kier alpha value is -1.06. The number of nitrogens with zero attached hydrogens (tertiary/aromatic N) is 4. The normalized spacial score (nSPS) is 29.9. The Balaban J connectivity index is 1.73. The highest BCUT2D eigenvalue weighted by molar-refractivity contribution is 5.83. The van der Waals surface area contributed by atoms with Gasteiger partial charge in [0.05, 0.1) is 6.54 Å². The molecule has 0 amide bonds. The van der Waals surface area contributed by atoms with Crippen LogP contribution >= 0.6 is 0 Å². The van der Waals surface area contributed by atoms with Gasteiger partial charge in [-0.3, -0.25) is 9.69 Å². The van der Waals surface area contributed by atoms with E-state index in [1.807, 2.05) is 0 Å². The quantitative estimate of drug-likeness (QED) is 0.316. The maximum atomic E-state index is 11.3. The number of hydrogen-bond donors (Lipinski definition) is 0. The fraction of sp³-hybridized carbons (Fsp3) is 0.909. The van der Waals surface area contributed by atoms with Crippen molar-refractivity contribution in [2.24, 2.45) is 11.0 Å². The van der Waals surface area contributed by atoms with Gasteiger partial charge in [-0.1, -0.05) is 11.5 Å². The molecule has 88 valence electrons. The van der Waals surface area contributed by atoms with E-state index in [-0.39, 0.29) is 0 Å². The highest BCUT2D eigenvalue weighted by Gasteiger charge is 2.35. The third kappa shape index (κ3) is 2.74. The van der Waals surface area contributed by atoms with Crippen molar-refractivity contribution in [3.63, 3.8) is 0 Å². The average molecular weight is 222 g/mol. The summed E-state index contributed by atoms with van der Waals surface area (Å²) in [6.07, 6.45) is 5.22. The molecule has 2 rings (SSSR count). The summed E-state index contributed by atoms with van der Waals surface area (Å²) in [5.74, 6) is 1.13. The van der Waals surface area contributed by atoms with E-state index in [4.69, 9.17) is 5.53 Å². The Kier molecular flexibility index (Phi) is 3.80. The zero-order valence-corrected chi connectivity index (χ0v) is 9.51. The molecular formula is C11H18N4O. The maximum Gasteiger partial charge on any atom is 0.148 e. The second-order valence-corrected chi connectivity index (χ2v) is 4.85. The maximum absolute atomic E-state index is 11.3. The number of ketones is 1. The van der Waals surface area contributed by atoms with Crippen LogP contribution in [0.4, 0.5) is 0 Å². The number of carbonyl (C=O) groups is 1. The fourth-order valence-corrected chi connectivity index (χ4v) is 2.91. The zero-order chi connectivity index (χ0) is 11.4. The van der Waals surface area contributed by atoms with Crippen LogP contribution in [-0.4, -0.2) is 36.4 Å². The monoisotopic (exact) mass is 222 g/mol. The molecule has 5 heteroatoms. The van der Waals surface area contributed by atoms with E-state index < -0.39 is 0 Å². The van der Waals surface area contributed by atoms with Crippen LogP contribution in [0.25, 0.3) is 10.4 Å². The standard InChI is InChI=1S/C11H18N4O/c12-14-13-4-1-2-9-3-5-15-8-11(16)7-10(15)6-9/h9-10H,1-8H2. The lowest BCUT2D eigenvalue weighted by Crippen LogP contribution is -2.38. The van der Waals surface area contributed by atoms with Crippen molar-refractivity contribution >= 4 is 5.78 Å². The first-order valence-electron chi connectivity index (χ1n) is 6.06. The Morgan fingerprint density at radius 1 is 1.56 bits per heavy atom. The number of piperidine rings is 1. The first-order valence-corrected chi connectivity index (χ1v) is 6.06. The third-order valence-electron chi connectivity index (χ3n) is 3.72. The van der Waals surface area contributed by atoms with E-state index in [1.54, 1.807) is 0 Å². The molecule has 0 bridgehead atoms. The Labute approximate surface area is 95.4 Å². The largest absolute Gasteiger partial charge is 0.298 e. The summed E-state index contributed by atoms with van der Waals surface area (Å²) < 4.78 is 0. The van der Waals surface area contributed by atoms with Gasteiger partial charge in [0.1, 0.15) is 5.78 Å². The van der Waals surface area contributed by atoms with Crippen LogP contribution in [0.15, 0.2) is 5.11 Å². The minimum atomic E-state index is 0.403. The lowest BCUT2D eigenvalue weighted by atomic mass is 9.88. The summed E-state index contributed by atoms with van der Waals surface area (Å²) in [6, 6.07) is 0.505. The minimum absolute atomic E-state index is 0.403. The van der Waals surface area contributed by atoms with Crippen molar-refractivity contribution in [1.29, 1.82) is 0 Å². The first-order chi connectivity index (χ1) is 7.79. The smallest absolute Gasteiger partial charge is 0.148 e. The van der Waals surface area contributed by atoms with Gasteiger partial charge in [0.2, 0.25) is 0 Å². The van der Waals surface area contributed by atoms with E-state index in [2.05, 4.69) is 14.9 Å². The van der Waals surface area contributed by atoms with Crippen LogP contribution in [-0.2, 0) is 4.79 Å². The molecule has 16 heavy (non-hydrogen) atoms. The van der Waals surface area contributed by atoms with Gasteiger partial charge in [0.15, 0.2) is 0 Å². The second-order valence-electron chi connectivity index (χ2n) is 4.85. The lowest BCUT2D eigenvalue weighted by molar-refractivity contribution is -0.116. The number of Topliss-reactive ketones (excluding diaryl/α,β-unsaturated/α-hetero) is 1. The predicted molar refractivity (Wildman–Crippen MR) is 61.0 cm³/mol. The van der Waals surface area contributed by atoms with Crippen LogP contribution in [0.1, 0.15) is 32.1 Å². The second kappa shape index (κ2) is 5.32. The molecule has 0 saturated carbocycles. The summed E-state index contributed by atoms with van der Waals surface area (Å²) in [7, 11) is 0. The Morgan fingerprint density at radius 3 is 3.25 bits per heavy atom. The van der Waals surface area contributed by atoms with Gasteiger partial charge < -0.3 is 0 Å². The van der Waals surface area contributed by atoms with Crippen LogP contribution in [0.2, 0.25) is 0 Å². The molecule has 2 heterocycles. The minimum Gasteiger partial charge on any atom is -0.298 e. The van der Waals surface area contributed by atoms with Gasteiger partial charge in [-0.05, 0) is 37.3 Å². The summed E-state index contributed by atoms with van der Waals surface area (Å²) in [4.78, 5) is 16.4. The molecule has 2 atom stereocenters. The number of rotatable bonds is 4. The molecule has 2 aliphatic rings. The van der Waals surface area contributed by atoms with Crippen LogP contribution in [0, 0.1) is 5.92 Å². The first kappa shape index (κ1) is 11.4. The van der Waals surface area contributed by atoms with Gasteiger partial charge >= 0.3 is 0 Å². The molecule has 2 saturated heterocycles. The van der Waals surface area contributed by atoms with Gasteiger partial charge in [0.25, 0.3) is 0 Å². The van der Waals surface area contributed by atoms with Crippen LogP contribution in [0.5, 0.6) is 0 Å². The van der Waals surface area contributed by atoms with Gasteiger partial charge in [-0.25, -0.2) is 0 Å². The van der Waals surface area contributed by atoms with Crippen LogP contribution in [0.3, 0.4) is 0 Å². The van der Waals surface area contributed by atoms with Crippen molar-refractivity contribution in [2.45, 2.75) is 38.1 Å². The Bertz CT molecular complexity index is 311. The number of hydrogen-bond acceptors (Lipinski definition) is 3. The van der Waals surface area contributed by atoms with E-state index >= 15 is 0 Å². The molecule has 5 nitrogen and oxygen atoms in total. The molecule has 2 aliphatic heterocycles. The summed E-state index contributed by atoms with van der Waals surface area (Å²) in [5, 5.41) is 3.55. The van der Waals surface area contributed by atoms with E-state index in [0.29, 0.717) is 24.9 Å². The molecule has 0 aromatic heterocycles. The van der Waals surface area contributed by atoms with Crippen molar-refractivity contribution in [3.8, 4) is 0 Å². The predicted octanol–water partition coefficient (Wildman–Crippen LogP) is 2.13. The molecule has 0 radical (unpaired) electrons. The third-order valence-corrected chi connectivity index (χ3v) is 3.72. The number of fused-ring (bicyclic) bond motifs is 1. The topological polar surface area (TPSA) is 69.1 Å². The average Bonchev–Trinajstić information content (AvgIpc) is 2.64. The molecular weight excluding hydrogens is 204 g/mol. The summed E-state index contributed by atoms with van der Waals surface area (Å²) in [6.45, 7) is 2.36. The zero-order valence-electron chi connectivity index (χ0n) is 9.51. The highest BCUT2D eigenvalue weighted by atomic mass is 16.1. The van der Waals surface area contributed by atoms with Gasteiger partial charge in [0, 0.05) is 23.9 Å². The number of carbonyl (C=O) groups excluding carboxylic acids is 1. The molecule has 0 aromatic carbocycles. The Morgan fingerprint density at radius 2 is 2.44 bits per heavy atom. The molecule has 2 fully saturated rings. The SMILES string of the molecule is [N-]=[N+]=NCCCC1CCN2CC(=O)CC2C1. The van der Waals surface area contributed by atoms with Gasteiger partial charge in [-0.15, -0.1) is 0 Å². The van der Waals surface area contributed by atoms with Crippen molar-refractivity contribution in [3.05, 3.63) is 10.4 Å². The van der Waals surface area contributed by atoms with Gasteiger partial charge in [-0.2, -0.15) is 0 Å². The number of azide groups is 1. The van der Waals surface area contributed by atoms with E-state index in [9.17, 15) is 4.79 Å². The summed E-state index contributed by atoms with van der Waals surface area (Å²) >= 11 is 0. The fourth-order valence-electron chi connectivity index (χ4n) is 2.91. The van der Waals surface area contributed by atoms with Crippen LogP contribution < -0.4 is 0 Å². The molecule has 2 unspecified atom stereocenters. The molecule has 0 spiro atoms. The molecule has 0 aromatic rings. The van der Waals surface area contributed by atoms with Crippen molar-refractivity contribution < 1.29 is 4.79 Å².